The first-order chi connectivity index (χ1) is 11.4. The van der Waals surface area contributed by atoms with E-state index in [1.54, 1.807) is 19.9 Å². The second-order valence-corrected chi connectivity index (χ2v) is 5.57. The van der Waals surface area contributed by atoms with Gasteiger partial charge in [0.25, 0.3) is 0 Å². The molecule has 0 radical (unpaired) electrons. The van der Waals surface area contributed by atoms with Gasteiger partial charge < -0.3 is 14.8 Å². The third kappa shape index (κ3) is 8.31. The molecule has 0 heterocycles. The minimum atomic E-state index is -0.475. The van der Waals surface area contributed by atoms with Crippen LogP contribution in [0.4, 0.5) is 4.79 Å². The van der Waals surface area contributed by atoms with E-state index in [1.165, 1.54) is 25.2 Å². The number of alkyl carbamates (subject to hydrolysis) is 1. The third-order valence-corrected chi connectivity index (χ3v) is 3.34. The lowest BCUT2D eigenvalue weighted by atomic mass is 9.94. The molecule has 1 aliphatic rings. The van der Waals surface area contributed by atoms with Crippen LogP contribution in [0.15, 0.2) is 36.0 Å². The summed E-state index contributed by atoms with van der Waals surface area (Å²) in [6.45, 7) is 5.21. The predicted octanol–water partition coefficient (Wildman–Crippen LogP) is 2.84. The van der Waals surface area contributed by atoms with Crippen LogP contribution in [-0.2, 0) is 19.1 Å². The van der Waals surface area contributed by atoms with E-state index in [0.717, 1.165) is 18.4 Å². The number of ether oxygens (including phenoxy) is 2. The zero-order valence-corrected chi connectivity index (χ0v) is 14.4. The Morgan fingerprint density at radius 2 is 2.12 bits per heavy atom. The van der Waals surface area contributed by atoms with E-state index in [1.807, 2.05) is 6.08 Å². The molecule has 0 aliphatic heterocycles. The molecule has 0 saturated carbocycles. The maximum absolute atomic E-state index is 11.7. The number of carbonyl (C=O) groups is 3. The van der Waals surface area contributed by atoms with E-state index >= 15 is 0 Å². The van der Waals surface area contributed by atoms with Crippen molar-refractivity contribution < 1.29 is 23.9 Å². The maximum Gasteiger partial charge on any atom is 0.407 e. The number of rotatable bonds is 7. The van der Waals surface area contributed by atoms with Gasteiger partial charge in [0.2, 0.25) is 0 Å². The van der Waals surface area contributed by atoms with Crippen molar-refractivity contribution in [2.24, 2.45) is 0 Å². The molecule has 0 spiro atoms. The van der Waals surface area contributed by atoms with E-state index in [-0.39, 0.29) is 11.8 Å². The first-order valence-electron chi connectivity index (χ1n) is 8.10. The smallest absolute Gasteiger partial charge is 0.407 e. The number of allylic oxidation sites excluding steroid dienone is 3. The van der Waals surface area contributed by atoms with E-state index < -0.39 is 18.2 Å². The molecule has 1 N–H and O–H groups in total. The first kappa shape index (κ1) is 19.7. The fourth-order valence-corrected chi connectivity index (χ4v) is 2.25. The van der Waals surface area contributed by atoms with Gasteiger partial charge in [0, 0.05) is 12.1 Å². The summed E-state index contributed by atoms with van der Waals surface area (Å²) in [5, 5.41) is 2.80. The third-order valence-electron chi connectivity index (χ3n) is 3.34. The largest absolute Gasteiger partial charge is 0.455 e. The number of amides is 1. The molecule has 1 unspecified atom stereocenters. The molecule has 0 saturated heterocycles. The van der Waals surface area contributed by atoms with Crippen LogP contribution in [0.5, 0.6) is 0 Å². The summed E-state index contributed by atoms with van der Waals surface area (Å²) in [5.74, 6) is -0.571. The Morgan fingerprint density at radius 1 is 1.38 bits per heavy atom. The van der Waals surface area contributed by atoms with Crippen LogP contribution in [0, 0.1) is 0 Å². The van der Waals surface area contributed by atoms with Crippen molar-refractivity contribution in [3.63, 3.8) is 0 Å². The van der Waals surface area contributed by atoms with Crippen LogP contribution in [0.2, 0.25) is 0 Å². The predicted molar refractivity (Wildman–Crippen MR) is 90.4 cm³/mol. The standard InChI is InChI=1S/C18H25NO5/c1-4-23-18(22)19-16-7-5-6-15(12-16)10-11-17(21)24-14(3)9-8-13(2)20/h6,8-11,14,16H,4-5,7,12H2,1-3H3,(H,19,22)/b9-8-,11-10+/t14?,16-/m0/s1. The summed E-state index contributed by atoms with van der Waals surface area (Å²) >= 11 is 0. The maximum atomic E-state index is 11.7. The monoisotopic (exact) mass is 335 g/mol. The zero-order chi connectivity index (χ0) is 17.9. The van der Waals surface area contributed by atoms with Crippen LogP contribution < -0.4 is 5.32 Å². The summed E-state index contributed by atoms with van der Waals surface area (Å²) in [6.07, 6.45) is 9.41. The Morgan fingerprint density at radius 3 is 2.79 bits per heavy atom. The molecule has 6 nitrogen and oxygen atoms in total. The van der Waals surface area contributed by atoms with Gasteiger partial charge in [0.05, 0.1) is 6.61 Å². The van der Waals surface area contributed by atoms with Gasteiger partial charge >= 0.3 is 12.1 Å². The average molecular weight is 335 g/mol. The lowest BCUT2D eigenvalue weighted by molar-refractivity contribution is -0.140. The molecule has 6 heteroatoms. The Balaban J connectivity index is 2.45. The molecule has 1 rings (SSSR count). The number of esters is 1. The van der Waals surface area contributed by atoms with Crippen LogP contribution in [0.1, 0.15) is 40.0 Å². The van der Waals surface area contributed by atoms with Crippen LogP contribution >= 0.6 is 0 Å². The van der Waals surface area contributed by atoms with Gasteiger partial charge in [-0.1, -0.05) is 12.2 Å². The van der Waals surface area contributed by atoms with Crippen molar-refractivity contribution in [3.8, 4) is 0 Å². The minimum absolute atomic E-state index is 0.00199. The van der Waals surface area contributed by atoms with Gasteiger partial charge in [-0.2, -0.15) is 0 Å². The summed E-state index contributed by atoms with van der Waals surface area (Å²) < 4.78 is 10.0. The summed E-state index contributed by atoms with van der Waals surface area (Å²) in [7, 11) is 0. The second-order valence-electron chi connectivity index (χ2n) is 5.57. The Labute approximate surface area is 142 Å². The number of ketones is 1. The van der Waals surface area contributed by atoms with E-state index in [0.29, 0.717) is 13.0 Å². The highest BCUT2D eigenvalue weighted by molar-refractivity contribution is 5.87. The molecule has 0 aromatic heterocycles. The minimum Gasteiger partial charge on any atom is -0.455 e. The molecule has 0 aromatic rings. The molecule has 0 fully saturated rings. The lowest BCUT2D eigenvalue weighted by Crippen LogP contribution is -2.36. The molecule has 1 amide bonds. The van der Waals surface area contributed by atoms with Gasteiger partial charge in [-0.15, -0.1) is 0 Å². The quantitative estimate of drug-likeness (QED) is 0.571. The number of hydrogen-bond acceptors (Lipinski definition) is 5. The Hall–Kier alpha value is -2.37. The van der Waals surface area contributed by atoms with Crippen molar-refractivity contribution in [1.29, 1.82) is 0 Å². The van der Waals surface area contributed by atoms with Crippen molar-refractivity contribution in [1.82, 2.24) is 5.32 Å². The molecule has 24 heavy (non-hydrogen) atoms. The molecule has 2 atom stereocenters. The van der Waals surface area contributed by atoms with E-state index in [4.69, 9.17) is 9.47 Å². The van der Waals surface area contributed by atoms with Crippen LogP contribution in [0.3, 0.4) is 0 Å². The van der Waals surface area contributed by atoms with Crippen molar-refractivity contribution in [2.75, 3.05) is 6.61 Å². The molecular formula is C18H25NO5. The molecular weight excluding hydrogens is 310 g/mol. The highest BCUT2D eigenvalue weighted by atomic mass is 16.5. The van der Waals surface area contributed by atoms with Gasteiger partial charge in [0.15, 0.2) is 5.78 Å². The van der Waals surface area contributed by atoms with Gasteiger partial charge in [-0.25, -0.2) is 9.59 Å². The van der Waals surface area contributed by atoms with Crippen molar-refractivity contribution >= 4 is 17.8 Å². The summed E-state index contributed by atoms with van der Waals surface area (Å²) in [5.41, 5.74) is 0.965. The zero-order valence-electron chi connectivity index (χ0n) is 14.4. The molecule has 0 bridgehead atoms. The highest BCUT2D eigenvalue weighted by Gasteiger charge is 2.17. The number of hydrogen-bond donors (Lipinski definition) is 1. The van der Waals surface area contributed by atoms with Crippen molar-refractivity contribution in [2.45, 2.75) is 52.2 Å². The van der Waals surface area contributed by atoms with E-state index in [2.05, 4.69) is 5.32 Å². The molecule has 132 valence electrons. The first-order valence-corrected chi connectivity index (χ1v) is 8.10. The molecule has 1 aliphatic carbocycles. The van der Waals surface area contributed by atoms with Gasteiger partial charge in [-0.3, -0.25) is 4.79 Å². The topological polar surface area (TPSA) is 81.7 Å². The highest BCUT2D eigenvalue weighted by Crippen LogP contribution is 2.19. The lowest BCUT2D eigenvalue weighted by Gasteiger charge is -2.22. The van der Waals surface area contributed by atoms with Crippen molar-refractivity contribution in [3.05, 3.63) is 36.0 Å². The van der Waals surface area contributed by atoms with E-state index in [9.17, 15) is 14.4 Å². The Bertz CT molecular complexity index is 548. The summed E-state index contributed by atoms with van der Waals surface area (Å²) in [4.78, 5) is 34.0. The number of nitrogens with one attached hydrogen (secondary N) is 1. The summed E-state index contributed by atoms with van der Waals surface area (Å²) in [6, 6.07) is 0.00199. The fourth-order valence-electron chi connectivity index (χ4n) is 2.25. The van der Waals surface area contributed by atoms with Gasteiger partial charge in [-0.05, 0) is 57.8 Å². The molecule has 0 aromatic carbocycles. The number of carbonyl (C=O) groups excluding carboxylic acids is 3. The SMILES string of the molecule is CCOC(=O)N[C@H]1CCC=C(/C=C/C(=O)OC(C)/C=C\C(C)=O)C1. The average Bonchev–Trinajstić information content (AvgIpc) is 2.51. The normalized spacial score (nSPS) is 19.0. The van der Waals surface area contributed by atoms with Crippen LogP contribution in [0.25, 0.3) is 0 Å². The second kappa shape index (κ2) is 10.4. The van der Waals surface area contributed by atoms with Crippen LogP contribution in [-0.4, -0.2) is 36.6 Å². The van der Waals surface area contributed by atoms with Gasteiger partial charge in [0.1, 0.15) is 6.10 Å². The Kier molecular flexibility index (Phi) is 8.54. The fraction of sp³-hybridized carbons (Fsp3) is 0.500.